The van der Waals surface area contributed by atoms with Crippen molar-refractivity contribution in [3.05, 3.63) is 75.6 Å². The minimum atomic E-state index is -0.0681. The van der Waals surface area contributed by atoms with Gasteiger partial charge in [-0.1, -0.05) is 24.3 Å². The number of phenolic OH excluding ortho intramolecular Hbond substituents is 1. The Kier molecular flexibility index (Phi) is 3.14. The molecule has 2 aromatic carbocycles. The average Bonchev–Trinajstić information content (AvgIpc) is 2.51. The molecule has 0 saturated heterocycles. The SMILES string of the molecule is Cc1c(Cc2ccc(O)cc2)c(=O)c2ccccc2n1O. The second-order valence-electron chi connectivity index (χ2n) is 5.07. The summed E-state index contributed by atoms with van der Waals surface area (Å²) in [6.07, 6.45) is 0.413. The molecule has 0 amide bonds. The van der Waals surface area contributed by atoms with E-state index in [-0.39, 0.29) is 11.2 Å². The highest BCUT2D eigenvalue weighted by molar-refractivity contribution is 5.79. The van der Waals surface area contributed by atoms with Crippen molar-refractivity contribution in [2.75, 3.05) is 0 Å². The van der Waals surface area contributed by atoms with Crippen molar-refractivity contribution in [2.24, 2.45) is 0 Å². The van der Waals surface area contributed by atoms with Gasteiger partial charge in [0.05, 0.1) is 11.2 Å². The van der Waals surface area contributed by atoms with Gasteiger partial charge in [0.1, 0.15) is 5.75 Å². The number of aromatic nitrogens is 1. The van der Waals surface area contributed by atoms with Crippen LogP contribution in [0.4, 0.5) is 0 Å². The molecule has 4 heteroatoms. The van der Waals surface area contributed by atoms with Crippen LogP contribution < -0.4 is 5.43 Å². The van der Waals surface area contributed by atoms with E-state index in [9.17, 15) is 15.1 Å². The van der Waals surface area contributed by atoms with Crippen LogP contribution in [0.15, 0.2) is 53.3 Å². The number of aromatic hydroxyl groups is 1. The van der Waals surface area contributed by atoms with Gasteiger partial charge in [-0.25, -0.2) is 0 Å². The van der Waals surface area contributed by atoms with E-state index in [4.69, 9.17) is 0 Å². The number of benzene rings is 2. The predicted molar refractivity (Wildman–Crippen MR) is 81.0 cm³/mol. The predicted octanol–water partition coefficient (Wildman–Crippen LogP) is 2.84. The fourth-order valence-corrected chi connectivity index (χ4v) is 2.51. The molecular formula is C17H15NO3. The Bertz CT molecular complexity index is 864. The van der Waals surface area contributed by atoms with Crippen molar-refractivity contribution < 1.29 is 10.3 Å². The molecule has 0 unspecified atom stereocenters. The molecule has 3 aromatic rings. The summed E-state index contributed by atoms with van der Waals surface area (Å²) < 4.78 is 1.06. The van der Waals surface area contributed by atoms with Crippen molar-refractivity contribution >= 4 is 10.9 Å². The first kappa shape index (κ1) is 13.2. The first-order valence-electron chi connectivity index (χ1n) is 6.68. The number of rotatable bonds is 2. The van der Waals surface area contributed by atoms with E-state index in [0.717, 1.165) is 10.3 Å². The molecule has 1 heterocycles. The highest BCUT2D eigenvalue weighted by atomic mass is 16.5. The Morgan fingerprint density at radius 3 is 2.43 bits per heavy atom. The van der Waals surface area contributed by atoms with Gasteiger partial charge in [-0.3, -0.25) is 4.79 Å². The van der Waals surface area contributed by atoms with Crippen molar-refractivity contribution in [1.29, 1.82) is 0 Å². The molecule has 0 aliphatic rings. The van der Waals surface area contributed by atoms with Gasteiger partial charge in [-0.05, 0) is 36.8 Å². The van der Waals surface area contributed by atoms with E-state index in [1.807, 2.05) is 0 Å². The highest BCUT2D eigenvalue weighted by Gasteiger charge is 2.13. The Balaban J connectivity index is 2.18. The molecule has 4 nitrogen and oxygen atoms in total. The number of hydrogen-bond donors (Lipinski definition) is 2. The van der Waals surface area contributed by atoms with Crippen LogP contribution in [0.1, 0.15) is 16.8 Å². The lowest BCUT2D eigenvalue weighted by Crippen LogP contribution is -2.18. The molecule has 0 radical (unpaired) electrons. The van der Waals surface area contributed by atoms with Gasteiger partial charge in [-0.2, -0.15) is 4.73 Å². The van der Waals surface area contributed by atoms with Crippen molar-refractivity contribution in [3.63, 3.8) is 0 Å². The van der Waals surface area contributed by atoms with Crippen LogP contribution in [0, 0.1) is 6.92 Å². The Hall–Kier alpha value is -2.75. The van der Waals surface area contributed by atoms with E-state index in [0.29, 0.717) is 28.6 Å². The standard InChI is InChI=1S/C17H15NO3/c1-11-15(10-12-6-8-13(19)9-7-12)17(20)14-4-2-3-5-16(14)18(11)21/h2-9,19,21H,10H2,1H3. The molecule has 106 valence electrons. The van der Waals surface area contributed by atoms with Gasteiger partial charge in [0, 0.05) is 17.4 Å². The third kappa shape index (κ3) is 2.25. The second kappa shape index (κ2) is 4.98. The zero-order chi connectivity index (χ0) is 15.0. The molecule has 0 aliphatic carbocycles. The fraction of sp³-hybridized carbons (Fsp3) is 0.118. The normalized spacial score (nSPS) is 10.9. The fourth-order valence-electron chi connectivity index (χ4n) is 2.51. The van der Waals surface area contributed by atoms with E-state index in [1.54, 1.807) is 55.5 Å². The van der Waals surface area contributed by atoms with E-state index >= 15 is 0 Å². The van der Waals surface area contributed by atoms with Crippen molar-refractivity contribution in [1.82, 2.24) is 4.73 Å². The van der Waals surface area contributed by atoms with Crippen LogP contribution in [0.2, 0.25) is 0 Å². The summed E-state index contributed by atoms with van der Waals surface area (Å²) in [7, 11) is 0. The number of nitrogens with zero attached hydrogens (tertiary/aromatic N) is 1. The molecule has 2 N–H and O–H groups in total. The average molecular weight is 281 g/mol. The molecule has 0 saturated carbocycles. The van der Waals surface area contributed by atoms with Gasteiger partial charge in [0.2, 0.25) is 0 Å². The lowest BCUT2D eigenvalue weighted by Gasteiger charge is -2.12. The zero-order valence-corrected chi connectivity index (χ0v) is 11.6. The topological polar surface area (TPSA) is 62.5 Å². The summed E-state index contributed by atoms with van der Waals surface area (Å²) in [5.74, 6) is 0.188. The number of phenols is 1. The number of pyridine rings is 1. The summed E-state index contributed by atoms with van der Waals surface area (Å²) >= 11 is 0. The third-order valence-corrected chi connectivity index (χ3v) is 3.72. The molecule has 0 fully saturated rings. The maximum atomic E-state index is 12.6. The van der Waals surface area contributed by atoms with Gasteiger partial charge in [0.15, 0.2) is 5.43 Å². The Labute approximate surface area is 121 Å². The largest absolute Gasteiger partial charge is 0.508 e. The maximum Gasteiger partial charge on any atom is 0.193 e. The number of para-hydroxylation sites is 1. The lowest BCUT2D eigenvalue weighted by molar-refractivity contribution is 0.190. The number of hydrogen-bond acceptors (Lipinski definition) is 3. The first-order valence-corrected chi connectivity index (χ1v) is 6.68. The van der Waals surface area contributed by atoms with Gasteiger partial charge in [0.25, 0.3) is 0 Å². The summed E-state index contributed by atoms with van der Waals surface area (Å²) in [5.41, 5.74) is 2.44. The van der Waals surface area contributed by atoms with Crippen molar-refractivity contribution in [3.8, 4) is 5.75 Å². The molecule has 3 rings (SSSR count). The van der Waals surface area contributed by atoms with Crippen LogP contribution in [0.5, 0.6) is 5.75 Å². The van der Waals surface area contributed by atoms with Crippen LogP contribution in [0.3, 0.4) is 0 Å². The molecular weight excluding hydrogens is 266 g/mol. The molecule has 1 aromatic heterocycles. The minimum Gasteiger partial charge on any atom is -0.508 e. The summed E-state index contributed by atoms with van der Waals surface area (Å²) in [5, 5.41) is 20.0. The summed E-state index contributed by atoms with van der Waals surface area (Å²) in [4.78, 5) is 12.6. The molecule has 0 spiro atoms. The monoisotopic (exact) mass is 281 g/mol. The van der Waals surface area contributed by atoms with E-state index in [2.05, 4.69) is 0 Å². The molecule has 0 bridgehead atoms. The summed E-state index contributed by atoms with van der Waals surface area (Å²) in [6, 6.07) is 13.7. The lowest BCUT2D eigenvalue weighted by atomic mass is 10.0. The first-order chi connectivity index (χ1) is 10.1. The Morgan fingerprint density at radius 2 is 1.71 bits per heavy atom. The zero-order valence-electron chi connectivity index (χ0n) is 11.6. The quantitative estimate of drug-likeness (QED) is 0.710. The summed E-state index contributed by atoms with van der Waals surface area (Å²) in [6.45, 7) is 1.73. The molecule has 0 atom stereocenters. The molecule has 0 aliphatic heterocycles. The minimum absolute atomic E-state index is 0.0681. The van der Waals surface area contributed by atoms with Crippen molar-refractivity contribution in [2.45, 2.75) is 13.3 Å². The van der Waals surface area contributed by atoms with Crippen LogP contribution in [0.25, 0.3) is 10.9 Å². The van der Waals surface area contributed by atoms with Gasteiger partial charge < -0.3 is 10.3 Å². The van der Waals surface area contributed by atoms with Gasteiger partial charge in [-0.15, -0.1) is 0 Å². The van der Waals surface area contributed by atoms with E-state index in [1.165, 1.54) is 0 Å². The maximum absolute atomic E-state index is 12.6. The van der Waals surface area contributed by atoms with Crippen LogP contribution in [-0.4, -0.2) is 15.0 Å². The van der Waals surface area contributed by atoms with E-state index < -0.39 is 0 Å². The third-order valence-electron chi connectivity index (χ3n) is 3.72. The van der Waals surface area contributed by atoms with Crippen LogP contribution in [-0.2, 0) is 6.42 Å². The Morgan fingerprint density at radius 1 is 1.05 bits per heavy atom. The highest BCUT2D eigenvalue weighted by Crippen LogP contribution is 2.18. The number of fused-ring (bicyclic) bond motifs is 1. The van der Waals surface area contributed by atoms with Crippen LogP contribution >= 0.6 is 0 Å². The second-order valence-corrected chi connectivity index (χ2v) is 5.07. The molecule has 21 heavy (non-hydrogen) atoms. The van der Waals surface area contributed by atoms with Gasteiger partial charge >= 0.3 is 0 Å². The smallest absolute Gasteiger partial charge is 0.193 e.